The number of nitriles is 1. The molecule has 1 aromatic heterocycles. The maximum absolute atomic E-state index is 8.89. The van der Waals surface area contributed by atoms with Crippen molar-refractivity contribution in [3.8, 4) is 6.07 Å². The van der Waals surface area contributed by atoms with Crippen molar-refractivity contribution in [2.24, 2.45) is 0 Å². The Hall–Kier alpha value is -1.79. The predicted octanol–water partition coefficient (Wildman–Crippen LogP) is 3.96. The van der Waals surface area contributed by atoms with Crippen LogP contribution in [-0.2, 0) is 0 Å². The van der Waals surface area contributed by atoms with Crippen molar-refractivity contribution in [2.45, 2.75) is 0 Å². The molecular formula is C13H7BrN2. The molecule has 0 unspecified atom stereocenters. The Labute approximate surface area is 101 Å². The van der Waals surface area contributed by atoms with Gasteiger partial charge in [0.05, 0.1) is 17.1 Å². The van der Waals surface area contributed by atoms with Crippen molar-refractivity contribution in [2.75, 3.05) is 0 Å². The van der Waals surface area contributed by atoms with Gasteiger partial charge in [-0.15, -0.1) is 0 Å². The number of hydrogen-bond donors (Lipinski definition) is 1. The van der Waals surface area contributed by atoms with Gasteiger partial charge in [0.2, 0.25) is 0 Å². The summed E-state index contributed by atoms with van der Waals surface area (Å²) in [6.07, 6.45) is 0. The number of aromatic amines is 1. The second kappa shape index (κ2) is 3.36. The Kier molecular flexibility index (Phi) is 1.98. The van der Waals surface area contributed by atoms with Gasteiger partial charge in [-0.1, -0.05) is 12.1 Å². The summed E-state index contributed by atoms with van der Waals surface area (Å²) in [7, 11) is 0. The Morgan fingerprint density at radius 3 is 2.81 bits per heavy atom. The smallest absolute Gasteiger partial charge is 0.0991 e. The summed E-state index contributed by atoms with van der Waals surface area (Å²) in [5.41, 5.74) is 2.82. The number of para-hydroxylation sites is 1. The fourth-order valence-corrected chi connectivity index (χ4v) is 2.42. The SMILES string of the molecule is N#Cc1ccc2[nH]c3c(Br)cccc3c2c1. The molecule has 0 aliphatic rings. The van der Waals surface area contributed by atoms with E-state index >= 15 is 0 Å². The van der Waals surface area contributed by atoms with Gasteiger partial charge in [-0.25, -0.2) is 0 Å². The van der Waals surface area contributed by atoms with E-state index in [0.29, 0.717) is 5.56 Å². The summed E-state index contributed by atoms with van der Waals surface area (Å²) >= 11 is 3.51. The topological polar surface area (TPSA) is 39.6 Å². The number of rotatable bonds is 0. The molecule has 16 heavy (non-hydrogen) atoms. The van der Waals surface area contributed by atoms with Gasteiger partial charge < -0.3 is 4.98 Å². The number of nitrogens with one attached hydrogen (secondary N) is 1. The van der Waals surface area contributed by atoms with Gasteiger partial charge in [0.15, 0.2) is 0 Å². The number of hydrogen-bond acceptors (Lipinski definition) is 1. The third kappa shape index (κ3) is 1.24. The molecule has 1 heterocycles. The first-order chi connectivity index (χ1) is 7.79. The number of halogens is 1. The standard InChI is InChI=1S/C13H7BrN2/c14-11-3-1-2-9-10-6-8(7-15)4-5-12(10)16-13(9)11/h1-6,16H. The molecule has 2 nitrogen and oxygen atoms in total. The van der Waals surface area contributed by atoms with Gasteiger partial charge >= 0.3 is 0 Å². The Bertz CT molecular complexity index is 735. The molecular weight excluding hydrogens is 264 g/mol. The highest BCUT2D eigenvalue weighted by Gasteiger charge is 2.06. The molecule has 3 rings (SSSR count). The molecule has 0 saturated carbocycles. The monoisotopic (exact) mass is 270 g/mol. The van der Waals surface area contributed by atoms with Gasteiger partial charge in [0.1, 0.15) is 0 Å². The lowest BCUT2D eigenvalue weighted by Gasteiger charge is -1.93. The Morgan fingerprint density at radius 2 is 2.00 bits per heavy atom. The second-order valence-corrected chi connectivity index (χ2v) is 4.51. The highest BCUT2D eigenvalue weighted by Crippen LogP contribution is 2.30. The first-order valence-electron chi connectivity index (χ1n) is 4.89. The van der Waals surface area contributed by atoms with E-state index in [1.807, 2.05) is 30.3 Å². The van der Waals surface area contributed by atoms with Crippen LogP contribution in [-0.4, -0.2) is 4.98 Å². The third-order valence-electron chi connectivity index (χ3n) is 2.71. The highest BCUT2D eigenvalue weighted by atomic mass is 79.9. The number of nitrogens with zero attached hydrogens (tertiary/aromatic N) is 1. The molecule has 2 aromatic carbocycles. The highest BCUT2D eigenvalue weighted by molar-refractivity contribution is 9.10. The molecule has 0 radical (unpaired) electrons. The number of aromatic nitrogens is 1. The largest absolute Gasteiger partial charge is 0.354 e. The van der Waals surface area contributed by atoms with Crippen LogP contribution in [0.15, 0.2) is 40.9 Å². The fraction of sp³-hybridized carbons (Fsp3) is 0. The average molecular weight is 271 g/mol. The quantitative estimate of drug-likeness (QED) is 0.660. The van der Waals surface area contributed by atoms with Gasteiger partial charge in [-0.05, 0) is 40.2 Å². The normalized spacial score (nSPS) is 10.8. The first-order valence-corrected chi connectivity index (χ1v) is 5.69. The summed E-state index contributed by atoms with van der Waals surface area (Å²) < 4.78 is 1.04. The summed E-state index contributed by atoms with van der Waals surface area (Å²) in [6.45, 7) is 0. The molecule has 0 saturated heterocycles. The summed E-state index contributed by atoms with van der Waals surface area (Å²) in [5.74, 6) is 0. The molecule has 1 N–H and O–H groups in total. The zero-order valence-corrected chi connectivity index (χ0v) is 9.88. The lowest BCUT2D eigenvalue weighted by molar-refractivity contribution is 1.49. The molecule has 3 heteroatoms. The van der Waals surface area contributed by atoms with Crippen LogP contribution in [0.25, 0.3) is 21.8 Å². The van der Waals surface area contributed by atoms with E-state index in [0.717, 1.165) is 26.3 Å². The molecule has 3 aromatic rings. The van der Waals surface area contributed by atoms with E-state index < -0.39 is 0 Å². The Balaban J connectivity index is 2.54. The maximum atomic E-state index is 8.89. The van der Waals surface area contributed by atoms with Crippen LogP contribution in [0.3, 0.4) is 0 Å². The zero-order chi connectivity index (χ0) is 11.1. The van der Waals surface area contributed by atoms with Gasteiger partial charge in [-0.2, -0.15) is 5.26 Å². The van der Waals surface area contributed by atoms with Gasteiger partial charge in [-0.3, -0.25) is 0 Å². The molecule has 0 spiro atoms. The van der Waals surface area contributed by atoms with Gasteiger partial charge in [0, 0.05) is 20.8 Å². The summed E-state index contributed by atoms with van der Waals surface area (Å²) in [6, 6.07) is 13.9. The molecule has 0 bridgehead atoms. The molecule has 0 amide bonds. The minimum Gasteiger partial charge on any atom is -0.354 e. The molecule has 0 aliphatic heterocycles. The minimum atomic E-state index is 0.688. The van der Waals surface area contributed by atoms with Crippen LogP contribution in [0.4, 0.5) is 0 Å². The number of benzene rings is 2. The van der Waals surface area contributed by atoms with E-state index in [2.05, 4.69) is 33.0 Å². The van der Waals surface area contributed by atoms with Crippen molar-refractivity contribution in [1.82, 2.24) is 4.98 Å². The zero-order valence-electron chi connectivity index (χ0n) is 8.29. The lowest BCUT2D eigenvalue weighted by Crippen LogP contribution is -1.72. The van der Waals surface area contributed by atoms with E-state index in [-0.39, 0.29) is 0 Å². The van der Waals surface area contributed by atoms with Crippen molar-refractivity contribution >= 4 is 37.7 Å². The average Bonchev–Trinajstić information content (AvgIpc) is 2.68. The molecule has 76 valence electrons. The number of fused-ring (bicyclic) bond motifs is 3. The van der Waals surface area contributed by atoms with E-state index in [1.165, 1.54) is 0 Å². The molecule has 0 atom stereocenters. The van der Waals surface area contributed by atoms with E-state index in [4.69, 9.17) is 5.26 Å². The van der Waals surface area contributed by atoms with Crippen molar-refractivity contribution in [3.05, 3.63) is 46.4 Å². The van der Waals surface area contributed by atoms with Crippen molar-refractivity contribution < 1.29 is 0 Å². The number of H-pyrrole nitrogens is 1. The van der Waals surface area contributed by atoms with Crippen molar-refractivity contribution in [1.29, 1.82) is 5.26 Å². The van der Waals surface area contributed by atoms with Crippen molar-refractivity contribution in [3.63, 3.8) is 0 Å². The summed E-state index contributed by atoms with van der Waals surface area (Å²) in [5, 5.41) is 11.1. The lowest BCUT2D eigenvalue weighted by atomic mass is 10.1. The maximum Gasteiger partial charge on any atom is 0.0991 e. The van der Waals surface area contributed by atoms with Gasteiger partial charge in [0.25, 0.3) is 0 Å². The van der Waals surface area contributed by atoms with Crippen LogP contribution in [0.2, 0.25) is 0 Å². The van der Waals surface area contributed by atoms with Crippen LogP contribution in [0.5, 0.6) is 0 Å². The van der Waals surface area contributed by atoms with E-state index in [1.54, 1.807) is 0 Å². The van der Waals surface area contributed by atoms with E-state index in [9.17, 15) is 0 Å². The predicted molar refractivity (Wildman–Crippen MR) is 68.2 cm³/mol. The second-order valence-electron chi connectivity index (χ2n) is 3.66. The van der Waals surface area contributed by atoms with Crippen LogP contribution in [0.1, 0.15) is 5.56 Å². The van der Waals surface area contributed by atoms with Crippen LogP contribution >= 0.6 is 15.9 Å². The van der Waals surface area contributed by atoms with Crippen LogP contribution in [0, 0.1) is 11.3 Å². The first kappa shape index (κ1) is 9.44. The van der Waals surface area contributed by atoms with Crippen LogP contribution < -0.4 is 0 Å². The Morgan fingerprint density at radius 1 is 1.12 bits per heavy atom. The molecule has 0 aliphatic carbocycles. The fourth-order valence-electron chi connectivity index (χ4n) is 1.96. The molecule has 0 fully saturated rings. The summed E-state index contributed by atoms with van der Waals surface area (Å²) in [4.78, 5) is 3.34. The minimum absolute atomic E-state index is 0.688. The third-order valence-corrected chi connectivity index (χ3v) is 3.37.